The Morgan fingerprint density at radius 1 is 1.11 bits per heavy atom. The Morgan fingerprint density at radius 2 is 1.75 bits per heavy atom. The number of nitrogens with one attached hydrogen (secondary N) is 1. The second-order valence-corrected chi connectivity index (χ2v) is 8.25. The van der Waals surface area contributed by atoms with Crippen molar-refractivity contribution >= 4 is 29.0 Å². The van der Waals surface area contributed by atoms with Crippen LogP contribution in [0.4, 0.5) is 10.2 Å². The second-order valence-electron chi connectivity index (χ2n) is 7.16. The van der Waals surface area contributed by atoms with E-state index in [-0.39, 0.29) is 17.1 Å². The van der Waals surface area contributed by atoms with E-state index < -0.39 is 5.97 Å². The highest BCUT2D eigenvalue weighted by Crippen LogP contribution is 2.27. The predicted molar refractivity (Wildman–Crippen MR) is 106 cm³/mol. The van der Waals surface area contributed by atoms with E-state index in [1.807, 2.05) is 20.8 Å². The van der Waals surface area contributed by atoms with E-state index in [2.05, 4.69) is 15.2 Å². The van der Waals surface area contributed by atoms with Gasteiger partial charge in [0.05, 0.1) is 23.4 Å². The zero-order valence-electron chi connectivity index (χ0n) is 15.9. The van der Waals surface area contributed by atoms with Gasteiger partial charge in [-0.3, -0.25) is 4.79 Å². The summed E-state index contributed by atoms with van der Waals surface area (Å²) in [5.74, 6) is -0.764. The van der Waals surface area contributed by atoms with E-state index >= 15 is 0 Å². The molecule has 1 aromatic carbocycles. The molecule has 0 saturated carbocycles. The highest BCUT2D eigenvalue weighted by atomic mass is 32.1. The van der Waals surface area contributed by atoms with Crippen molar-refractivity contribution < 1.29 is 18.7 Å². The normalized spacial score (nSPS) is 11.3. The van der Waals surface area contributed by atoms with Crippen molar-refractivity contribution in [2.24, 2.45) is 0 Å². The minimum Gasteiger partial charge on any atom is -0.465 e. The first-order valence-corrected chi connectivity index (χ1v) is 9.36. The number of hydrogen-bond acceptors (Lipinski definition) is 5. The van der Waals surface area contributed by atoms with Gasteiger partial charge in [-0.2, -0.15) is 5.10 Å². The molecule has 3 rings (SSSR count). The molecule has 3 aromatic rings. The number of nitrogens with zero attached hydrogens (tertiary/aromatic N) is 2. The van der Waals surface area contributed by atoms with E-state index in [1.54, 1.807) is 35.0 Å². The third kappa shape index (κ3) is 4.12. The Balaban J connectivity index is 1.95. The molecule has 146 valence electrons. The second kappa shape index (κ2) is 7.55. The molecule has 0 aliphatic heterocycles. The molecule has 2 heterocycles. The molecular weight excluding hydrogens is 381 g/mol. The maximum absolute atomic E-state index is 13.3. The number of rotatable bonds is 4. The van der Waals surface area contributed by atoms with Gasteiger partial charge in [-0.25, -0.2) is 13.9 Å². The van der Waals surface area contributed by atoms with E-state index in [4.69, 9.17) is 0 Å². The molecule has 0 spiro atoms. The summed E-state index contributed by atoms with van der Waals surface area (Å²) < 4.78 is 19.5. The molecule has 0 aliphatic carbocycles. The van der Waals surface area contributed by atoms with E-state index in [0.717, 1.165) is 17.0 Å². The molecule has 2 aromatic heterocycles. The summed E-state index contributed by atoms with van der Waals surface area (Å²) >= 11 is 1.04. The molecule has 6 nitrogen and oxygen atoms in total. The van der Waals surface area contributed by atoms with Gasteiger partial charge in [0.1, 0.15) is 16.5 Å². The van der Waals surface area contributed by atoms with Gasteiger partial charge in [0, 0.05) is 11.5 Å². The maximum Gasteiger partial charge on any atom is 0.348 e. The van der Waals surface area contributed by atoms with Crippen molar-refractivity contribution in [1.82, 2.24) is 9.78 Å². The summed E-state index contributed by atoms with van der Waals surface area (Å²) in [5.41, 5.74) is 1.15. The third-order valence-corrected chi connectivity index (χ3v) is 5.07. The molecule has 0 unspecified atom stereocenters. The Labute approximate surface area is 165 Å². The molecule has 28 heavy (non-hydrogen) atoms. The van der Waals surface area contributed by atoms with Crippen LogP contribution in [0.25, 0.3) is 5.69 Å². The van der Waals surface area contributed by atoms with Crippen LogP contribution in [0.2, 0.25) is 0 Å². The van der Waals surface area contributed by atoms with Crippen molar-refractivity contribution in [3.8, 4) is 5.69 Å². The van der Waals surface area contributed by atoms with Gasteiger partial charge in [-0.1, -0.05) is 20.8 Å². The highest BCUT2D eigenvalue weighted by molar-refractivity contribution is 7.16. The summed E-state index contributed by atoms with van der Waals surface area (Å²) in [4.78, 5) is 25.0. The number of carbonyl (C=O) groups is 2. The molecule has 0 bridgehead atoms. The minimum absolute atomic E-state index is 0.244. The van der Waals surface area contributed by atoms with Gasteiger partial charge in [-0.15, -0.1) is 11.3 Å². The zero-order valence-corrected chi connectivity index (χ0v) is 16.8. The van der Waals surface area contributed by atoms with Gasteiger partial charge < -0.3 is 10.1 Å². The minimum atomic E-state index is -0.490. The smallest absolute Gasteiger partial charge is 0.348 e. The number of thiophene rings is 1. The number of amides is 1. The van der Waals surface area contributed by atoms with Crippen LogP contribution in [-0.2, 0) is 10.2 Å². The molecule has 8 heteroatoms. The number of halogens is 1. The van der Waals surface area contributed by atoms with E-state index in [1.165, 1.54) is 19.2 Å². The summed E-state index contributed by atoms with van der Waals surface area (Å²) in [6.07, 6.45) is 0. The lowest BCUT2D eigenvalue weighted by Gasteiger charge is -2.14. The lowest BCUT2D eigenvalue weighted by Crippen LogP contribution is -2.14. The first kappa shape index (κ1) is 19.8. The topological polar surface area (TPSA) is 73.2 Å². The number of anilines is 1. The van der Waals surface area contributed by atoms with Crippen molar-refractivity contribution in [2.75, 3.05) is 12.4 Å². The van der Waals surface area contributed by atoms with Crippen molar-refractivity contribution in [3.05, 3.63) is 63.7 Å². The first-order chi connectivity index (χ1) is 13.2. The van der Waals surface area contributed by atoms with Crippen molar-refractivity contribution in [3.63, 3.8) is 0 Å². The van der Waals surface area contributed by atoms with Gasteiger partial charge in [0.25, 0.3) is 5.91 Å². The number of methoxy groups -OCH3 is 1. The summed E-state index contributed by atoms with van der Waals surface area (Å²) in [6, 6.07) is 10.7. The average Bonchev–Trinajstić information content (AvgIpc) is 3.29. The number of benzene rings is 1. The molecule has 0 radical (unpaired) electrons. The lowest BCUT2D eigenvalue weighted by atomic mass is 9.92. The van der Waals surface area contributed by atoms with Gasteiger partial charge in [0.15, 0.2) is 0 Å². The quantitative estimate of drug-likeness (QED) is 0.657. The Bertz CT molecular complexity index is 1020. The standard InChI is InChI=1S/C20H20FN3O3S/c1-20(2,3)16-11-17(24(23-16)13-7-5-12(21)6-8-13)22-18(25)14-9-10-15(28-14)19(26)27-4/h5-11H,1-4H3,(H,22,25). The summed E-state index contributed by atoms with van der Waals surface area (Å²) in [6.45, 7) is 6.04. The van der Waals surface area contributed by atoms with Crippen LogP contribution in [0.1, 0.15) is 45.8 Å². The zero-order chi connectivity index (χ0) is 20.5. The molecular formula is C20H20FN3O3S. The highest BCUT2D eigenvalue weighted by Gasteiger charge is 2.22. The molecule has 0 fully saturated rings. The number of ether oxygens (including phenoxy) is 1. The van der Waals surface area contributed by atoms with Crippen LogP contribution in [0.3, 0.4) is 0 Å². The van der Waals surface area contributed by atoms with E-state index in [0.29, 0.717) is 21.3 Å². The van der Waals surface area contributed by atoms with Crippen LogP contribution in [0.15, 0.2) is 42.5 Å². The first-order valence-electron chi connectivity index (χ1n) is 8.55. The van der Waals surface area contributed by atoms with Crippen LogP contribution >= 0.6 is 11.3 Å². The molecule has 1 amide bonds. The van der Waals surface area contributed by atoms with Crippen LogP contribution < -0.4 is 5.32 Å². The predicted octanol–water partition coefficient (Wildman–Crippen LogP) is 4.41. The molecule has 0 aliphatic rings. The van der Waals surface area contributed by atoms with Crippen molar-refractivity contribution in [1.29, 1.82) is 0 Å². The number of carbonyl (C=O) groups excluding carboxylic acids is 2. The van der Waals surface area contributed by atoms with Gasteiger partial charge >= 0.3 is 5.97 Å². The lowest BCUT2D eigenvalue weighted by molar-refractivity contribution is 0.0606. The summed E-state index contributed by atoms with van der Waals surface area (Å²) in [7, 11) is 1.29. The van der Waals surface area contributed by atoms with Gasteiger partial charge in [-0.05, 0) is 36.4 Å². The van der Waals surface area contributed by atoms with Crippen LogP contribution in [0, 0.1) is 5.82 Å². The largest absolute Gasteiger partial charge is 0.465 e. The SMILES string of the molecule is COC(=O)c1ccc(C(=O)Nc2cc(C(C)(C)C)nn2-c2ccc(F)cc2)s1. The maximum atomic E-state index is 13.3. The third-order valence-electron chi connectivity index (χ3n) is 4.01. The average molecular weight is 401 g/mol. The fraction of sp³-hybridized carbons (Fsp3) is 0.250. The molecule has 0 atom stereocenters. The van der Waals surface area contributed by atoms with E-state index in [9.17, 15) is 14.0 Å². The van der Waals surface area contributed by atoms with Gasteiger partial charge in [0.2, 0.25) is 0 Å². The number of esters is 1. The Hall–Kier alpha value is -3.00. The fourth-order valence-corrected chi connectivity index (χ4v) is 3.28. The monoisotopic (exact) mass is 401 g/mol. The number of hydrogen-bond donors (Lipinski definition) is 1. The Kier molecular flexibility index (Phi) is 5.33. The van der Waals surface area contributed by atoms with Crippen molar-refractivity contribution in [2.45, 2.75) is 26.2 Å². The fourth-order valence-electron chi connectivity index (χ4n) is 2.46. The van der Waals surface area contributed by atoms with Crippen LogP contribution in [-0.4, -0.2) is 28.8 Å². The molecule has 0 saturated heterocycles. The Morgan fingerprint density at radius 3 is 2.36 bits per heavy atom. The summed E-state index contributed by atoms with van der Waals surface area (Å²) in [5, 5.41) is 7.41. The molecule has 1 N–H and O–H groups in total. The van der Waals surface area contributed by atoms with Crippen LogP contribution in [0.5, 0.6) is 0 Å². The number of aromatic nitrogens is 2.